The zero-order valence-corrected chi connectivity index (χ0v) is 8.49. The lowest BCUT2D eigenvalue weighted by atomic mass is 9.88. The average molecular weight is 185 g/mol. The van der Waals surface area contributed by atoms with Gasteiger partial charge in [-0.25, -0.2) is 0 Å². The molecule has 0 aromatic carbocycles. The normalized spacial score (nSPS) is 39.9. The van der Waals surface area contributed by atoms with Crippen LogP contribution in [0.5, 0.6) is 0 Å². The van der Waals surface area contributed by atoms with Crippen LogP contribution in [0.3, 0.4) is 0 Å². The molecule has 13 heavy (non-hydrogen) atoms. The largest absolute Gasteiger partial charge is 0.390 e. The van der Waals surface area contributed by atoms with E-state index in [1.54, 1.807) is 0 Å². The number of hydrogen-bond donors (Lipinski definition) is 1. The number of piperidine rings is 1. The molecule has 76 valence electrons. The van der Waals surface area contributed by atoms with Gasteiger partial charge in [-0.2, -0.15) is 0 Å². The molecule has 2 heterocycles. The Kier molecular flexibility index (Phi) is 2.34. The third-order valence-electron chi connectivity index (χ3n) is 3.46. The smallest absolute Gasteiger partial charge is 0.0826 e. The molecule has 2 aliphatic rings. The summed E-state index contributed by atoms with van der Waals surface area (Å²) in [5, 5.41) is 9.64. The first-order valence-corrected chi connectivity index (χ1v) is 5.16. The Hall–Kier alpha value is -0.120. The van der Waals surface area contributed by atoms with E-state index in [-0.39, 0.29) is 17.8 Å². The quantitative estimate of drug-likeness (QED) is 0.600. The van der Waals surface area contributed by atoms with Crippen molar-refractivity contribution in [2.45, 2.75) is 44.0 Å². The number of aliphatic hydroxyl groups is 1. The van der Waals surface area contributed by atoms with E-state index in [9.17, 15) is 5.11 Å². The van der Waals surface area contributed by atoms with Gasteiger partial charge < -0.3 is 14.7 Å². The lowest BCUT2D eigenvalue weighted by molar-refractivity contribution is -0.0736. The number of ether oxygens (including phenoxy) is 1. The molecule has 2 unspecified atom stereocenters. The topological polar surface area (TPSA) is 32.7 Å². The van der Waals surface area contributed by atoms with Crippen LogP contribution in [0.2, 0.25) is 0 Å². The van der Waals surface area contributed by atoms with Crippen molar-refractivity contribution in [1.29, 1.82) is 0 Å². The summed E-state index contributed by atoms with van der Waals surface area (Å²) in [5.41, 5.74) is 0.00530. The number of hydrogen-bond acceptors (Lipinski definition) is 3. The molecule has 0 amide bonds. The number of aliphatic hydroxyl groups excluding tert-OH is 1. The molecule has 0 saturated carbocycles. The third-order valence-corrected chi connectivity index (χ3v) is 3.46. The van der Waals surface area contributed by atoms with Gasteiger partial charge in [-0.3, -0.25) is 0 Å². The predicted octanol–water partition coefficient (Wildman–Crippen LogP) is 0.620. The molecule has 0 aromatic rings. The maximum Gasteiger partial charge on any atom is 0.0826 e. The minimum absolute atomic E-state index is 0.00530. The molecule has 3 nitrogen and oxygen atoms in total. The molecule has 3 heteroatoms. The van der Waals surface area contributed by atoms with Gasteiger partial charge in [0.15, 0.2) is 0 Å². The summed E-state index contributed by atoms with van der Waals surface area (Å²) in [6.45, 7) is 4.16. The fourth-order valence-corrected chi connectivity index (χ4v) is 2.42. The van der Waals surface area contributed by atoms with Gasteiger partial charge in [0.2, 0.25) is 0 Å². The number of rotatable bonds is 0. The van der Waals surface area contributed by atoms with E-state index in [4.69, 9.17) is 4.74 Å². The summed E-state index contributed by atoms with van der Waals surface area (Å²) in [4.78, 5) is 2.32. The van der Waals surface area contributed by atoms with Crippen molar-refractivity contribution >= 4 is 0 Å². The summed E-state index contributed by atoms with van der Waals surface area (Å²) >= 11 is 0. The number of likely N-dealkylation sites (tertiary alicyclic amines) is 1. The molecule has 2 saturated heterocycles. The van der Waals surface area contributed by atoms with Gasteiger partial charge in [0.05, 0.1) is 17.8 Å². The van der Waals surface area contributed by atoms with Crippen LogP contribution in [0.15, 0.2) is 0 Å². The second-order valence-electron chi connectivity index (χ2n) is 4.58. The van der Waals surface area contributed by atoms with Crippen molar-refractivity contribution in [2.75, 3.05) is 20.1 Å². The van der Waals surface area contributed by atoms with Crippen LogP contribution in [-0.4, -0.2) is 48.0 Å². The molecule has 0 aliphatic carbocycles. The van der Waals surface area contributed by atoms with E-state index in [0.717, 1.165) is 32.4 Å². The lowest BCUT2D eigenvalue weighted by Crippen LogP contribution is -2.42. The molecule has 2 rings (SSSR count). The van der Waals surface area contributed by atoms with Crippen LogP contribution in [-0.2, 0) is 4.74 Å². The van der Waals surface area contributed by atoms with Gasteiger partial charge in [-0.05, 0) is 26.8 Å². The first-order valence-electron chi connectivity index (χ1n) is 5.16. The first kappa shape index (κ1) is 9.44. The van der Waals surface area contributed by atoms with Crippen molar-refractivity contribution in [3.05, 3.63) is 0 Å². The zero-order chi connectivity index (χ0) is 9.47. The molecule has 1 N–H and O–H groups in total. The Labute approximate surface area is 79.7 Å². The van der Waals surface area contributed by atoms with Gasteiger partial charge in [0.25, 0.3) is 0 Å². The zero-order valence-electron chi connectivity index (χ0n) is 8.49. The van der Waals surface area contributed by atoms with Crippen LogP contribution in [0.25, 0.3) is 0 Å². The number of nitrogens with zero attached hydrogens (tertiary/aromatic N) is 1. The van der Waals surface area contributed by atoms with Crippen LogP contribution in [0.1, 0.15) is 26.2 Å². The van der Waals surface area contributed by atoms with E-state index >= 15 is 0 Å². The summed E-state index contributed by atoms with van der Waals surface area (Å²) < 4.78 is 5.87. The summed E-state index contributed by atoms with van der Waals surface area (Å²) in [6.07, 6.45) is 2.77. The SMILES string of the molecule is CC1OC2(CCN(C)CC2)CC1O. The summed E-state index contributed by atoms with van der Waals surface area (Å²) in [6, 6.07) is 0. The highest BCUT2D eigenvalue weighted by Crippen LogP contribution is 2.38. The molecular weight excluding hydrogens is 166 g/mol. The first-order chi connectivity index (χ1) is 6.11. The van der Waals surface area contributed by atoms with E-state index < -0.39 is 0 Å². The maximum atomic E-state index is 9.64. The Bertz CT molecular complexity index is 175. The van der Waals surface area contributed by atoms with Gasteiger partial charge in [-0.15, -0.1) is 0 Å². The van der Waals surface area contributed by atoms with Crippen LogP contribution < -0.4 is 0 Å². The summed E-state index contributed by atoms with van der Waals surface area (Å²) in [7, 11) is 2.14. The molecule has 2 fully saturated rings. The third kappa shape index (κ3) is 1.73. The van der Waals surface area contributed by atoms with E-state index in [2.05, 4.69) is 11.9 Å². The Morgan fingerprint density at radius 2 is 2.00 bits per heavy atom. The van der Waals surface area contributed by atoms with Gasteiger partial charge >= 0.3 is 0 Å². The van der Waals surface area contributed by atoms with Crippen molar-refractivity contribution in [3.63, 3.8) is 0 Å². The fourth-order valence-electron chi connectivity index (χ4n) is 2.42. The predicted molar refractivity (Wildman–Crippen MR) is 50.6 cm³/mol. The molecule has 0 bridgehead atoms. The second kappa shape index (κ2) is 3.23. The molecule has 2 aliphatic heterocycles. The molecule has 1 spiro atoms. The monoisotopic (exact) mass is 185 g/mol. The highest BCUT2D eigenvalue weighted by Gasteiger charge is 2.45. The minimum atomic E-state index is -0.247. The Morgan fingerprint density at radius 1 is 1.38 bits per heavy atom. The molecule has 0 radical (unpaired) electrons. The van der Waals surface area contributed by atoms with E-state index in [0.29, 0.717) is 0 Å². The average Bonchev–Trinajstić information content (AvgIpc) is 2.36. The Balaban J connectivity index is 1.99. The second-order valence-corrected chi connectivity index (χ2v) is 4.58. The standard InChI is InChI=1S/C10H19NO2/c1-8-9(12)7-10(13-8)3-5-11(2)6-4-10/h8-9,12H,3-7H2,1-2H3. The fraction of sp³-hybridized carbons (Fsp3) is 1.00. The molecule has 0 aromatic heterocycles. The van der Waals surface area contributed by atoms with Crippen molar-refractivity contribution in [1.82, 2.24) is 4.90 Å². The van der Waals surface area contributed by atoms with Crippen LogP contribution in [0.4, 0.5) is 0 Å². The van der Waals surface area contributed by atoms with Crippen LogP contribution in [0, 0.1) is 0 Å². The minimum Gasteiger partial charge on any atom is -0.390 e. The van der Waals surface area contributed by atoms with E-state index in [1.165, 1.54) is 0 Å². The van der Waals surface area contributed by atoms with Gasteiger partial charge in [-0.1, -0.05) is 0 Å². The molecule has 2 atom stereocenters. The maximum absolute atomic E-state index is 9.64. The lowest BCUT2D eigenvalue weighted by Gasteiger charge is -2.37. The highest BCUT2D eigenvalue weighted by atomic mass is 16.5. The summed E-state index contributed by atoms with van der Waals surface area (Å²) in [5.74, 6) is 0. The van der Waals surface area contributed by atoms with Gasteiger partial charge in [0.1, 0.15) is 0 Å². The van der Waals surface area contributed by atoms with Crippen molar-refractivity contribution in [2.24, 2.45) is 0 Å². The molecular formula is C10H19NO2. The van der Waals surface area contributed by atoms with Crippen molar-refractivity contribution < 1.29 is 9.84 Å². The van der Waals surface area contributed by atoms with Crippen LogP contribution >= 0.6 is 0 Å². The van der Waals surface area contributed by atoms with Gasteiger partial charge in [0, 0.05) is 19.5 Å². The van der Waals surface area contributed by atoms with E-state index in [1.807, 2.05) is 6.92 Å². The highest BCUT2D eigenvalue weighted by molar-refractivity contribution is 4.95. The van der Waals surface area contributed by atoms with Crippen molar-refractivity contribution in [3.8, 4) is 0 Å². The Morgan fingerprint density at radius 3 is 2.46 bits per heavy atom.